The van der Waals surface area contributed by atoms with Crippen molar-refractivity contribution in [3.8, 4) is 17.2 Å². The Hall–Kier alpha value is -2.63. The van der Waals surface area contributed by atoms with Gasteiger partial charge in [-0.1, -0.05) is 11.6 Å². The molecule has 0 aliphatic carbocycles. The van der Waals surface area contributed by atoms with Crippen LogP contribution in [0.25, 0.3) is 11.5 Å². The molecule has 0 aliphatic heterocycles. The van der Waals surface area contributed by atoms with Crippen LogP contribution >= 0.6 is 19.4 Å². The van der Waals surface area contributed by atoms with Crippen molar-refractivity contribution >= 4 is 19.4 Å². The minimum Gasteiger partial charge on any atom is -0.467 e. The first kappa shape index (κ1) is 23.0. The van der Waals surface area contributed by atoms with Gasteiger partial charge in [-0.2, -0.15) is 17.9 Å². The number of nitrogens with zero attached hydrogens (tertiary/aromatic N) is 2. The summed E-state index contributed by atoms with van der Waals surface area (Å²) in [4.78, 5) is 29.6. The van der Waals surface area contributed by atoms with E-state index in [9.17, 15) is 22.5 Å². The molecule has 0 fully saturated rings. The summed E-state index contributed by atoms with van der Waals surface area (Å²) in [6, 6.07) is 8.15. The van der Waals surface area contributed by atoms with Crippen LogP contribution in [-0.2, 0) is 21.8 Å². The number of halogens is 4. The first-order valence-electron chi connectivity index (χ1n) is 8.29. The minimum atomic E-state index is -4.75. The van der Waals surface area contributed by atoms with Gasteiger partial charge in [-0.3, -0.25) is 0 Å². The quantitative estimate of drug-likeness (QED) is 0.388. The zero-order valence-corrected chi connectivity index (χ0v) is 16.9. The lowest BCUT2D eigenvalue weighted by Crippen LogP contribution is -2.17. The smallest absolute Gasteiger partial charge is 0.467 e. The predicted octanol–water partition coefficient (Wildman–Crippen LogP) is 3.67. The van der Waals surface area contributed by atoms with Gasteiger partial charge in [-0.15, -0.1) is 5.10 Å². The molecule has 0 atom stereocenters. The highest BCUT2D eigenvalue weighted by molar-refractivity contribution is 7.46. The van der Waals surface area contributed by atoms with Gasteiger partial charge in [0, 0.05) is 16.1 Å². The van der Waals surface area contributed by atoms with Crippen molar-refractivity contribution in [2.45, 2.75) is 12.7 Å². The van der Waals surface area contributed by atoms with Gasteiger partial charge in [0.15, 0.2) is 6.79 Å². The number of alkyl halides is 3. The van der Waals surface area contributed by atoms with E-state index in [2.05, 4.69) is 9.62 Å². The van der Waals surface area contributed by atoms with Crippen LogP contribution in [0.3, 0.4) is 0 Å². The summed E-state index contributed by atoms with van der Waals surface area (Å²) in [6.07, 6.45) is -4.51. The first-order valence-corrected chi connectivity index (χ1v) is 10.2. The third-order valence-electron chi connectivity index (χ3n) is 3.84. The summed E-state index contributed by atoms with van der Waals surface area (Å²) in [6.45, 7) is -0.988. The lowest BCUT2D eigenvalue weighted by atomic mass is 10.1. The molecule has 166 valence electrons. The average Bonchev–Trinajstić information content (AvgIpc) is 3.02. The maximum Gasteiger partial charge on any atom is 0.472 e. The van der Waals surface area contributed by atoms with Crippen LogP contribution in [0.15, 0.2) is 51.7 Å². The average molecular weight is 481 g/mol. The number of phosphoric acid groups is 1. The molecule has 3 rings (SSSR count). The van der Waals surface area contributed by atoms with Crippen LogP contribution in [0.5, 0.6) is 5.75 Å². The fourth-order valence-corrected chi connectivity index (χ4v) is 2.84. The Morgan fingerprint density at radius 3 is 2.45 bits per heavy atom. The Kier molecular flexibility index (Phi) is 6.58. The van der Waals surface area contributed by atoms with Gasteiger partial charge in [-0.25, -0.2) is 13.9 Å². The molecule has 0 aliphatic rings. The van der Waals surface area contributed by atoms with Crippen molar-refractivity contribution in [3.05, 3.63) is 69.2 Å². The molecule has 14 heteroatoms. The Labute approximate surface area is 176 Å². The van der Waals surface area contributed by atoms with Crippen LogP contribution in [0, 0.1) is 0 Å². The summed E-state index contributed by atoms with van der Waals surface area (Å²) in [5, 5.41) is 4.24. The van der Waals surface area contributed by atoms with Crippen molar-refractivity contribution in [3.63, 3.8) is 0 Å². The number of benzene rings is 2. The van der Waals surface area contributed by atoms with Crippen molar-refractivity contribution < 1.29 is 41.2 Å². The SMILES string of the molecule is O=c1oc(-c2ccc(C(F)(F)F)cc2)nn1Cc1cc(Cl)ccc1OCOP(=O)(O)O. The Morgan fingerprint density at radius 1 is 1.16 bits per heavy atom. The third kappa shape index (κ3) is 6.18. The van der Waals surface area contributed by atoms with Gasteiger partial charge in [0.05, 0.1) is 12.1 Å². The van der Waals surface area contributed by atoms with Crippen LogP contribution in [0.1, 0.15) is 11.1 Å². The summed E-state index contributed by atoms with van der Waals surface area (Å²) in [5.74, 6) is -0.996. The fourth-order valence-electron chi connectivity index (χ4n) is 2.46. The topological polar surface area (TPSA) is 124 Å². The van der Waals surface area contributed by atoms with Gasteiger partial charge in [0.1, 0.15) is 5.75 Å². The van der Waals surface area contributed by atoms with Gasteiger partial charge in [0.25, 0.3) is 0 Å². The Morgan fingerprint density at radius 2 is 1.84 bits per heavy atom. The molecule has 2 N–H and O–H groups in total. The molecule has 3 aromatic rings. The van der Waals surface area contributed by atoms with E-state index < -0.39 is 32.1 Å². The fraction of sp³-hybridized carbons (Fsp3) is 0.176. The molecule has 0 spiro atoms. The molecule has 0 unspecified atom stereocenters. The van der Waals surface area contributed by atoms with E-state index in [-0.39, 0.29) is 28.8 Å². The van der Waals surface area contributed by atoms with Gasteiger partial charge >= 0.3 is 19.8 Å². The Balaban J connectivity index is 1.82. The van der Waals surface area contributed by atoms with Crippen LogP contribution < -0.4 is 10.5 Å². The highest BCUT2D eigenvalue weighted by Crippen LogP contribution is 2.36. The lowest BCUT2D eigenvalue weighted by Gasteiger charge is -2.12. The number of aromatic nitrogens is 2. The first-order chi connectivity index (χ1) is 14.4. The monoisotopic (exact) mass is 480 g/mol. The van der Waals surface area contributed by atoms with Crippen molar-refractivity contribution in [2.75, 3.05) is 6.79 Å². The van der Waals surface area contributed by atoms with E-state index in [1.165, 1.54) is 18.2 Å². The number of phosphoric ester groups is 1. The second kappa shape index (κ2) is 8.85. The summed E-state index contributed by atoms with van der Waals surface area (Å²) >= 11 is 5.95. The van der Waals surface area contributed by atoms with Crippen molar-refractivity contribution in [1.82, 2.24) is 9.78 Å². The van der Waals surface area contributed by atoms with Crippen molar-refractivity contribution in [1.29, 1.82) is 0 Å². The second-order valence-corrected chi connectivity index (χ2v) is 7.72. The molecule has 2 aromatic carbocycles. The van der Waals surface area contributed by atoms with E-state index in [4.69, 9.17) is 30.5 Å². The van der Waals surface area contributed by atoms with Crippen LogP contribution in [-0.4, -0.2) is 26.4 Å². The van der Waals surface area contributed by atoms with E-state index in [0.29, 0.717) is 5.56 Å². The molecule has 0 saturated heterocycles. The molecule has 0 amide bonds. The molecule has 0 bridgehead atoms. The van der Waals surface area contributed by atoms with E-state index in [0.717, 1.165) is 28.9 Å². The lowest BCUT2D eigenvalue weighted by molar-refractivity contribution is -0.137. The number of rotatable bonds is 7. The second-order valence-electron chi connectivity index (χ2n) is 6.04. The van der Waals surface area contributed by atoms with Crippen LogP contribution in [0.4, 0.5) is 13.2 Å². The standard InChI is InChI=1S/C17H13ClF3N2O7P/c18-13-5-6-14(28-9-29-31(25,26)27)11(7-13)8-23-16(24)30-15(22-23)10-1-3-12(4-2-10)17(19,20)21/h1-7H,8-9H2,(H2,25,26,27). The Bertz CT molecular complexity index is 1170. The number of hydrogen-bond donors (Lipinski definition) is 2. The van der Waals surface area contributed by atoms with Gasteiger partial charge in [0.2, 0.25) is 5.89 Å². The molecular weight excluding hydrogens is 468 g/mol. The number of hydrogen-bond acceptors (Lipinski definition) is 6. The van der Waals surface area contributed by atoms with E-state index >= 15 is 0 Å². The van der Waals surface area contributed by atoms with Gasteiger partial charge in [-0.05, 0) is 42.5 Å². The highest BCUT2D eigenvalue weighted by Gasteiger charge is 2.30. The molecule has 0 saturated carbocycles. The zero-order chi connectivity index (χ0) is 22.8. The van der Waals surface area contributed by atoms with Crippen molar-refractivity contribution in [2.24, 2.45) is 0 Å². The predicted molar refractivity (Wildman–Crippen MR) is 100 cm³/mol. The summed E-state index contributed by atoms with van der Waals surface area (Å²) in [7, 11) is -4.75. The molecule has 1 heterocycles. The number of ether oxygens (including phenoxy) is 1. The van der Waals surface area contributed by atoms with E-state index in [1.54, 1.807) is 0 Å². The molecule has 1 aromatic heterocycles. The molecule has 0 radical (unpaired) electrons. The molecule has 9 nitrogen and oxygen atoms in total. The normalized spacial score (nSPS) is 12.2. The van der Waals surface area contributed by atoms with Crippen LogP contribution in [0.2, 0.25) is 5.02 Å². The van der Waals surface area contributed by atoms with Gasteiger partial charge < -0.3 is 18.9 Å². The maximum absolute atomic E-state index is 12.7. The van der Waals surface area contributed by atoms with E-state index in [1.807, 2.05) is 0 Å². The summed E-state index contributed by atoms with van der Waals surface area (Å²) < 4.78 is 64.1. The largest absolute Gasteiger partial charge is 0.472 e. The minimum absolute atomic E-state index is 0.101. The zero-order valence-electron chi connectivity index (χ0n) is 15.2. The molecule has 31 heavy (non-hydrogen) atoms. The highest BCUT2D eigenvalue weighted by atomic mass is 35.5. The third-order valence-corrected chi connectivity index (χ3v) is 4.52. The maximum atomic E-state index is 12.7. The summed E-state index contributed by atoms with van der Waals surface area (Å²) in [5.41, 5.74) is -0.408. The molecular formula is C17H13ClF3N2O7P.